The van der Waals surface area contributed by atoms with Gasteiger partial charge in [0.05, 0.1) is 6.10 Å². The van der Waals surface area contributed by atoms with Crippen LogP contribution in [0.5, 0.6) is 0 Å². The van der Waals surface area contributed by atoms with Gasteiger partial charge in [0.15, 0.2) is 0 Å². The molecule has 0 atom stereocenters. The molecular formula is C5H10O4. The van der Waals surface area contributed by atoms with E-state index < -0.39 is 12.6 Å². The maximum Gasteiger partial charge on any atom is 0.367 e. The summed E-state index contributed by atoms with van der Waals surface area (Å²) in [5.41, 5.74) is 0. The molecule has 0 fully saturated rings. The smallest absolute Gasteiger partial charge is 0.367 e. The number of rotatable bonds is 3. The highest BCUT2D eigenvalue weighted by Crippen LogP contribution is 1.88. The predicted octanol–water partition coefficient (Wildman–Crippen LogP) is -0.138. The standard InChI is InChI=1S/C5H10O4/c1-4(2)8-9-5(7)3-6/h4,6H,3H2,1-2H3. The Morgan fingerprint density at radius 2 is 2.22 bits per heavy atom. The molecule has 54 valence electrons. The molecule has 0 radical (unpaired) electrons. The van der Waals surface area contributed by atoms with Crippen LogP contribution < -0.4 is 0 Å². The van der Waals surface area contributed by atoms with Crippen LogP contribution in [0.25, 0.3) is 0 Å². The summed E-state index contributed by atoms with van der Waals surface area (Å²) < 4.78 is 0. The second-order valence-corrected chi connectivity index (χ2v) is 1.76. The van der Waals surface area contributed by atoms with E-state index in [-0.39, 0.29) is 6.10 Å². The lowest BCUT2D eigenvalue weighted by molar-refractivity contribution is -0.292. The average molecular weight is 134 g/mol. The Kier molecular flexibility index (Phi) is 4.00. The van der Waals surface area contributed by atoms with E-state index in [9.17, 15) is 4.79 Å². The Hall–Kier alpha value is -0.610. The van der Waals surface area contributed by atoms with Gasteiger partial charge in [-0.05, 0) is 13.8 Å². The number of aliphatic hydroxyl groups excluding tert-OH is 1. The maximum atomic E-state index is 10.1. The highest BCUT2D eigenvalue weighted by atomic mass is 17.2. The molecule has 4 nitrogen and oxygen atoms in total. The fraction of sp³-hybridized carbons (Fsp3) is 0.800. The van der Waals surface area contributed by atoms with Crippen molar-refractivity contribution in [1.82, 2.24) is 0 Å². The van der Waals surface area contributed by atoms with Crippen LogP contribution >= 0.6 is 0 Å². The topological polar surface area (TPSA) is 55.8 Å². The zero-order valence-electron chi connectivity index (χ0n) is 5.46. The molecule has 0 aromatic carbocycles. The van der Waals surface area contributed by atoms with E-state index in [0.717, 1.165) is 0 Å². The summed E-state index contributed by atoms with van der Waals surface area (Å²) in [7, 11) is 0. The van der Waals surface area contributed by atoms with Crippen LogP contribution in [0.3, 0.4) is 0 Å². The molecule has 0 heterocycles. The van der Waals surface area contributed by atoms with Crippen LogP contribution in [-0.2, 0) is 14.6 Å². The molecule has 0 rings (SSSR count). The van der Waals surface area contributed by atoms with E-state index >= 15 is 0 Å². The first-order valence-corrected chi connectivity index (χ1v) is 2.64. The first kappa shape index (κ1) is 8.39. The van der Waals surface area contributed by atoms with Gasteiger partial charge >= 0.3 is 5.97 Å². The lowest BCUT2D eigenvalue weighted by atomic mass is 10.5. The van der Waals surface area contributed by atoms with Crippen molar-refractivity contribution in [3.05, 3.63) is 0 Å². The molecular weight excluding hydrogens is 124 g/mol. The highest BCUT2D eigenvalue weighted by molar-refractivity contribution is 5.69. The van der Waals surface area contributed by atoms with Gasteiger partial charge in [-0.1, -0.05) is 0 Å². The minimum atomic E-state index is -0.774. The zero-order valence-corrected chi connectivity index (χ0v) is 5.46. The van der Waals surface area contributed by atoms with Crippen LogP contribution in [-0.4, -0.2) is 23.8 Å². The third-order valence-electron chi connectivity index (χ3n) is 0.463. The monoisotopic (exact) mass is 134 g/mol. The Bertz CT molecular complexity index is 89.0. The molecule has 0 amide bonds. The van der Waals surface area contributed by atoms with E-state index in [0.29, 0.717) is 0 Å². The Morgan fingerprint density at radius 3 is 2.56 bits per heavy atom. The number of carbonyl (C=O) groups excluding carboxylic acids is 1. The van der Waals surface area contributed by atoms with Crippen molar-refractivity contribution < 1.29 is 19.7 Å². The molecule has 0 aliphatic rings. The summed E-state index contributed by atoms with van der Waals surface area (Å²) in [5, 5.41) is 8.09. The molecule has 4 heteroatoms. The molecule has 0 aromatic rings. The minimum Gasteiger partial charge on any atom is -0.385 e. The van der Waals surface area contributed by atoms with E-state index in [1.807, 2.05) is 0 Å². The molecule has 0 spiro atoms. The van der Waals surface area contributed by atoms with Crippen LogP contribution in [0.15, 0.2) is 0 Å². The zero-order chi connectivity index (χ0) is 7.28. The lowest BCUT2D eigenvalue weighted by Gasteiger charge is -2.03. The lowest BCUT2D eigenvalue weighted by Crippen LogP contribution is -2.13. The van der Waals surface area contributed by atoms with E-state index in [1.165, 1.54) is 0 Å². The van der Waals surface area contributed by atoms with Gasteiger partial charge in [0.25, 0.3) is 0 Å². The van der Waals surface area contributed by atoms with Gasteiger partial charge in [-0.15, -0.1) is 0 Å². The van der Waals surface area contributed by atoms with Crippen molar-refractivity contribution in [3.8, 4) is 0 Å². The third kappa shape index (κ3) is 5.26. The van der Waals surface area contributed by atoms with Crippen molar-refractivity contribution in [1.29, 1.82) is 0 Å². The first-order valence-electron chi connectivity index (χ1n) is 2.64. The van der Waals surface area contributed by atoms with Gasteiger partial charge in [0.2, 0.25) is 0 Å². The summed E-state index contributed by atoms with van der Waals surface area (Å²) in [6.07, 6.45) is -0.166. The molecule has 0 aromatic heterocycles. The largest absolute Gasteiger partial charge is 0.385 e. The SMILES string of the molecule is CC(C)OOC(=O)CO. The Balaban J connectivity index is 3.17. The van der Waals surface area contributed by atoms with Crippen molar-refractivity contribution in [2.45, 2.75) is 20.0 Å². The van der Waals surface area contributed by atoms with Gasteiger partial charge in [-0.3, -0.25) is 4.89 Å². The van der Waals surface area contributed by atoms with Crippen LogP contribution in [0, 0.1) is 0 Å². The molecule has 0 saturated carbocycles. The maximum absolute atomic E-state index is 10.1. The number of hydrogen-bond donors (Lipinski definition) is 1. The quantitative estimate of drug-likeness (QED) is 0.431. The van der Waals surface area contributed by atoms with Gasteiger partial charge in [0.1, 0.15) is 6.61 Å². The minimum absolute atomic E-state index is 0.166. The summed E-state index contributed by atoms with van der Waals surface area (Å²) in [5.74, 6) is -0.774. The van der Waals surface area contributed by atoms with Crippen LogP contribution in [0.1, 0.15) is 13.8 Å². The first-order chi connectivity index (χ1) is 4.16. The summed E-state index contributed by atoms with van der Waals surface area (Å²) >= 11 is 0. The summed E-state index contributed by atoms with van der Waals surface area (Å²) in [4.78, 5) is 18.6. The fourth-order valence-corrected chi connectivity index (χ4v) is 0.176. The number of aliphatic hydroxyl groups is 1. The summed E-state index contributed by atoms with van der Waals surface area (Å²) in [6.45, 7) is 2.78. The Labute approximate surface area is 53.3 Å². The van der Waals surface area contributed by atoms with Crippen LogP contribution in [0.2, 0.25) is 0 Å². The third-order valence-corrected chi connectivity index (χ3v) is 0.463. The number of carbonyl (C=O) groups is 1. The molecule has 9 heavy (non-hydrogen) atoms. The second-order valence-electron chi connectivity index (χ2n) is 1.76. The Morgan fingerprint density at radius 1 is 1.67 bits per heavy atom. The van der Waals surface area contributed by atoms with E-state index in [2.05, 4.69) is 9.78 Å². The van der Waals surface area contributed by atoms with E-state index in [1.54, 1.807) is 13.8 Å². The normalized spacial score (nSPS) is 9.78. The summed E-state index contributed by atoms with van der Waals surface area (Å²) in [6, 6.07) is 0. The van der Waals surface area contributed by atoms with Gasteiger partial charge in [-0.2, -0.15) is 4.89 Å². The number of hydrogen-bond acceptors (Lipinski definition) is 4. The molecule has 0 saturated heterocycles. The van der Waals surface area contributed by atoms with Crippen LogP contribution in [0.4, 0.5) is 0 Å². The average Bonchev–Trinajstić information content (AvgIpc) is 1.83. The fourth-order valence-electron chi connectivity index (χ4n) is 0.176. The molecule has 0 aliphatic carbocycles. The van der Waals surface area contributed by atoms with Crippen molar-refractivity contribution >= 4 is 5.97 Å². The molecule has 0 aliphatic heterocycles. The van der Waals surface area contributed by atoms with Gasteiger partial charge in [-0.25, -0.2) is 4.79 Å². The van der Waals surface area contributed by atoms with E-state index in [4.69, 9.17) is 5.11 Å². The molecule has 0 bridgehead atoms. The van der Waals surface area contributed by atoms with Crippen molar-refractivity contribution in [3.63, 3.8) is 0 Å². The predicted molar refractivity (Wildman–Crippen MR) is 29.4 cm³/mol. The molecule has 1 N–H and O–H groups in total. The van der Waals surface area contributed by atoms with Crippen molar-refractivity contribution in [2.75, 3.05) is 6.61 Å². The van der Waals surface area contributed by atoms with Gasteiger partial charge in [0, 0.05) is 0 Å². The van der Waals surface area contributed by atoms with Crippen molar-refractivity contribution in [2.24, 2.45) is 0 Å². The molecule has 0 unspecified atom stereocenters. The second kappa shape index (κ2) is 4.29. The highest BCUT2D eigenvalue weighted by Gasteiger charge is 2.01. The van der Waals surface area contributed by atoms with Gasteiger partial charge < -0.3 is 5.11 Å².